The van der Waals surface area contributed by atoms with Crippen LogP contribution in [0.1, 0.15) is 62.2 Å². The molecule has 4 heterocycles. The molecule has 1 aliphatic heterocycles. The van der Waals surface area contributed by atoms with E-state index in [-0.39, 0.29) is 49.6 Å². The number of primary amides is 1. The number of carbonyl (C=O) groups is 4. The number of aryl methyl sites for hydroxylation is 1. The number of likely N-dealkylation sites (tertiary alicyclic amines) is 1. The molecule has 21 heteroatoms. The Morgan fingerprint density at radius 1 is 0.886 bits per heavy atom. The van der Waals surface area contributed by atoms with Crippen molar-refractivity contribution >= 4 is 64.1 Å². The number of H-pyrrole nitrogens is 1. The molecule has 3 aromatic heterocycles. The van der Waals surface area contributed by atoms with E-state index >= 15 is 0 Å². The third-order valence-electron chi connectivity index (χ3n) is 11.0. The number of carbonyl (C=O) groups excluding carboxylic acids is 4. The summed E-state index contributed by atoms with van der Waals surface area (Å²) in [4.78, 5) is 64.0. The molecule has 0 saturated carbocycles. The second-order valence-corrected chi connectivity index (χ2v) is 19.2. The van der Waals surface area contributed by atoms with Gasteiger partial charge >= 0.3 is 0 Å². The zero-order valence-electron chi connectivity index (χ0n) is 40.3. The fourth-order valence-corrected chi connectivity index (χ4v) is 8.71. The molecular formula is C49H64N10O9S2. The van der Waals surface area contributed by atoms with Gasteiger partial charge < -0.3 is 55.0 Å². The van der Waals surface area contributed by atoms with E-state index in [0.717, 1.165) is 38.7 Å². The molecule has 376 valence electrons. The second kappa shape index (κ2) is 26.8. The lowest BCUT2D eigenvalue weighted by Gasteiger charge is -2.35. The number of thiazole rings is 1. The number of pyridine rings is 1. The zero-order valence-corrected chi connectivity index (χ0v) is 42.0. The summed E-state index contributed by atoms with van der Waals surface area (Å²) in [5.74, 6) is -0.0167. The number of aromatic nitrogens is 4. The molecule has 0 aliphatic carbocycles. The lowest BCUT2D eigenvalue weighted by Crippen LogP contribution is -2.58. The predicted molar refractivity (Wildman–Crippen MR) is 271 cm³/mol. The summed E-state index contributed by atoms with van der Waals surface area (Å²) in [5, 5.41) is 16.2. The quantitative estimate of drug-likeness (QED) is 0.0245. The Morgan fingerprint density at radius 2 is 1.56 bits per heavy atom. The first-order valence-corrected chi connectivity index (χ1v) is 25.1. The molecule has 1 aliphatic rings. The van der Waals surface area contributed by atoms with Gasteiger partial charge in [0.25, 0.3) is 5.91 Å². The van der Waals surface area contributed by atoms with Crippen molar-refractivity contribution < 1.29 is 42.9 Å². The van der Waals surface area contributed by atoms with Gasteiger partial charge in [-0.3, -0.25) is 24.3 Å². The Kier molecular flexibility index (Phi) is 20.4. The lowest BCUT2D eigenvalue weighted by atomic mass is 9.85. The fraction of sp³-hybridized carbons (Fsp3) is 0.449. The molecule has 5 aromatic rings. The fourth-order valence-electron chi connectivity index (χ4n) is 7.45. The van der Waals surface area contributed by atoms with Crippen LogP contribution in [0, 0.1) is 12.3 Å². The average Bonchev–Trinajstić information content (AvgIpc) is 4.12. The first-order chi connectivity index (χ1) is 33.8. The van der Waals surface area contributed by atoms with Crippen LogP contribution >= 0.6 is 23.3 Å². The van der Waals surface area contributed by atoms with Crippen LogP contribution in [-0.4, -0.2) is 133 Å². The van der Waals surface area contributed by atoms with Crippen LogP contribution in [0.2, 0.25) is 0 Å². The van der Waals surface area contributed by atoms with Crippen molar-refractivity contribution in [2.24, 2.45) is 11.1 Å². The van der Waals surface area contributed by atoms with Crippen molar-refractivity contribution in [1.82, 2.24) is 35.7 Å². The number of rotatable bonds is 28. The summed E-state index contributed by atoms with van der Waals surface area (Å²) in [7, 11) is 0. The van der Waals surface area contributed by atoms with E-state index < -0.39 is 29.3 Å². The SMILES string of the molecule is CCSNc1ccc(-c2[nH]nc(Nc3ccnc(OCCOCCOCCOCCOCC(=O)NC(C(=O)N4CCCC4C(=O)NCc4ccc(-c5scnc5C)cc4)C(C)(C)C)c3)c2C(N)=O)cc1. The normalized spacial score (nSPS) is 14.0. The van der Waals surface area contributed by atoms with Crippen molar-refractivity contribution in [2.45, 2.75) is 66.1 Å². The van der Waals surface area contributed by atoms with Crippen LogP contribution in [-0.2, 0) is 39.9 Å². The molecule has 7 N–H and O–H groups in total. The van der Waals surface area contributed by atoms with E-state index in [0.29, 0.717) is 76.2 Å². The third kappa shape index (κ3) is 15.7. The summed E-state index contributed by atoms with van der Waals surface area (Å²) >= 11 is 3.18. The Hall–Kier alpha value is -6.10. The van der Waals surface area contributed by atoms with E-state index in [1.807, 2.05) is 81.7 Å². The van der Waals surface area contributed by atoms with E-state index in [2.05, 4.69) is 47.8 Å². The number of amides is 4. The summed E-state index contributed by atoms with van der Waals surface area (Å²) < 4.78 is 31.3. The summed E-state index contributed by atoms with van der Waals surface area (Å²) in [6.07, 6.45) is 2.81. The third-order valence-corrected chi connectivity index (χ3v) is 12.7. The maximum absolute atomic E-state index is 13.9. The number of hydrogen-bond donors (Lipinski definition) is 6. The highest BCUT2D eigenvalue weighted by Gasteiger charge is 2.41. The van der Waals surface area contributed by atoms with Crippen molar-refractivity contribution in [3.8, 4) is 27.6 Å². The first kappa shape index (κ1) is 53.3. The number of ether oxygens (including phenoxy) is 5. The number of nitrogens with one attached hydrogen (secondary N) is 5. The standard InChI is InChI=1S/C49H64N10O9S2/c1-6-70-58-36-15-13-34(14-16-36)42-41(45(50)61)46(57-56-42)54-37-17-18-51-40(28-37)68-27-26-66-23-22-64-20-21-65-24-25-67-30-39(60)55-44(49(3,4)5)48(63)59-19-7-8-38(59)47(62)52-29-33-9-11-35(12-10-33)43-32(2)53-31-69-43/h9-18,28,31,38,44,58H,6-8,19-27,29-30H2,1-5H3,(H2,50,61)(H,52,62)(H,55,60)(H2,51,54,56,57). The van der Waals surface area contributed by atoms with E-state index in [1.54, 1.807) is 46.5 Å². The van der Waals surface area contributed by atoms with Gasteiger partial charge in [0, 0.05) is 48.0 Å². The smallest absolute Gasteiger partial charge is 0.254 e. The molecule has 6 rings (SSSR count). The molecule has 2 aromatic carbocycles. The molecule has 0 bridgehead atoms. The van der Waals surface area contributed by atoms with E-state index in [4.69, 9.17) is 29.4 Å². The summed E-state index contributed by atoms with van der Waals surface area (Å²) in [6.45, 7) is 12.5. The number of aromatic amines is 1. The number of hydrogen-bond acceptors (Lipinski definition) is 16. The van der Waals surface area contributed by atoms with Gasteiger partial charge in [-0.1, -0.05) is 76.0 Å². The maximum atomic E-state index is 13.9. The van der Waals surface area contributed by atoms with Gasteiger partial charge in [-0.15, -0.1) is 11.3 Å². The molecule has 1 fully saturated rings. The monoisotopic (exact) mass is 1000 g/mol. The van der Waals surface area contributed by atoms with Gasteiger partial charge in [-0.25, -0.2) is 9.97 Å². The molecule has 2 atom stereocenters. The molecule has 2 unspecified atom stereocenters. The minimum Gasteiger partial charge on any atom is -0.475 e. The van der Waals surface area contributed by atoms with Crippen LogP contribution in [0.15, 0.2) is 72.4 Å². The minimum atomic E-state index is -0.854. The summed E-state index contributed by atoms with van der Waals surface area (Å²) in [5.41, 5.74) is 13.0. The van der Waals surface area contributed by atoms with E-state index in [1.165, 1.54) is 0 Å². The highest BCUT2D eigenvalue weighted by atomic mass is 32.2. The first-order valence-electron chi connectivity index (χ1n) is 23.2. The number of nitrogens with two attached hydrogens (primary N) is 1. The Labute approximate surface area is 416 Å². The number of nitrogens with zero attached hydrogens (tertiary/aromatic N) is 4. The van der Waals surface area contributed by atoms with Crippen molar-refractivity contribution in [1.29, 1.82) is 0 Å². The van der Waals surface area contributed by atoms with Gasteiger partial charge in [0.1, 0.15) is 30.9 Å². The molecule has 0 spiro atoms. The maximum Gasteiger partial charge on any atom is 0.254 e. The molecular weight excluding hydrogens is 937 g/mol. The average molecular weight is 1000 g/mol. The molecule has 4 amide bonds. The number of benzene rings is 2. The van der Waals surface area contributed by atoms with Crippen LogP contribution in [0.5, 0.6) is 5.88 Å². The van der Waals surface area contributed by atoms with Gasteiger partial charge in [-0.05, 0) is 54.5 Å². The highest BCUT2D eigenvalue weighted by molar-refractivity contribution is 8.00. The van der Waals surface area contributed by atoms with Crippen molar-refractivity contribution in [2.75, 3.05) is 81.8 Å². The lowest BCUT2D eigenvalue weighted by molar-refractivity contribution is -0.144. The molecule has 0 radical (unpaired) electrons. The molecule has 19 nitrogen and oxygen atoms in total. The van der Waals surface area contributed by atoms with Crippen LogP contribution in [0.3, 0.4) is 0 Å². The van der Waals surface area contributed by atoms with Gasteiger partial charge in [0.05, 0.1) is 68.0 Å². The molecule has 1 saturated heterocycles. The molecule has 70 heavy (non-hydrogen) atoms. The predicted octanol–water partition coefficient (Wildman–Crippen LogP) is 6.11. The minimum absolute atomic E-state index is 0.171. The summed E-state index contributed by atoms with van der Waals surface area (Å²) in [6, 6.07) is 17.5. The van der Waals surface area contributed by atoms with Gasteiger partial charge in [0.2, 0.25) is 23.6 Å². The number of anilines is 3. The largest absolute Gasteiger partial charge is 0.475 e. The second-order valence-electron chi connectivity index (χ2n) is 17.3. The highest BCUT2D eigenvalue weighted by Crippen LogP contribution is 2.31. The van der Waals surface area contributed by atoms with Gasteiger partial charge in [0.15, 0.2) is 5.82 Å². The van der Waals surface area contributed by atoms with Crippen molar-refractivity contribution in [3.05, 3.63) is 89.2 Å². The van der Waals surface area contributed by atoms with Gasteiger partial charge in [-0.2, -0.15) is 5.10 Å². The Bertz CT molecular complexity index is 2460. The Morgan fingerprint density at radius 3 is 2.20 bits per heavy atom. The van der Waals surface area contributed by atoms with Crippen molar-refractivity contribution in [3.63, 3.8) is 0 Å². The van der Waals surface area contributed by atoms with Crippen LogP contribution in [0.4, 0.5) is 17.2 Å². The topological polar surface area (TPSA) is 246 Å². The zero-order chi connectivity index (χ0) is 49.9. The van der Waals surface area contributed by atoms with Crippen LogP contribution in [0.25, 0.3) is 21.7 Å². The Balaban J connectivity index is 0.803. The van der Waals surface area contributed by atoms with Crippen LogP contribution < -0.4 is 31.1 Å². The van der Waals surface area contributed by atoms with E-state index in [9.17, 15) is 19.2 Å².